The van der Waals surface area contributed by atoms with E-state index in [1.807, 2.05) is 26.6 Å². The van der Waals surface area contributed by atoms with E-state index in [2.05, 4.69) is 288 Å². The maximum atomic E-state index is 4.65. The Kier molecular flexibility index (Phi) is 42.6. The molecule has 518 valence electrons. The van der Waals surface area contributed by atoms with E-state index in [4.69, 9.17) is 0 Å². The lowest BCUT2D eigenvalue weighted by Crippen LogP contribution is -2.05. The monoisotopic (exact) mass is 1260 g/mol. The van der Waals surface area contributed by atoms with Crippen molar-refractivity contribution in [3.05, 3.63) is 101 Å². The second-order valence-electron chi connectivity index (χ2n) is 32.5. The van der Waals surface area contributed by atoms with Crippen LogP contribution in [0.1, 0.15) is 274 Å². The van der Waals surface area contributed by atoms with Gasteiger partial charge in [0.1, 0.15) is 0 Å². The predicted octanol–water partition coefficient (Wildman–Crippen LogP) is 21.8. The molecule has 3 aliphatic rings. The fraction of sp³-hybridized carbons (Fsp3) is 0.747. The lowest BCUT2D eigenvalue weighted by atomic mass is 9.97. The van der Waals surface area contributed by atoms with E-state index >= 15 is 0 Å². The highest BCUT2D eigenvalue weighted by molar-refractivity contribution is 5.90. The molecule has 0 bridgehead atoms. The Labute approximate surface area is 561 Å². The highest BCUT2D eigenvalue weighted by atomic mass is 15.4. The second-order valence-corrected chi connectivity index (χ2v) is 32.5. The van der Waals surface area contributed by atoms with Gasteiger partial charge >= 0.3 is 0 Å². The summed E-state index contributed by atoms with van der Waals surface area (Å²) in [6, 6.07) is 2.13. The van der Waals surface area contributed by atoms with Gasteiger partial charge in [-0.25, -0.2) is 4.98 Å². The highest BCUT2D eigenvalue weighted by Gasteiger charge is 2.15. The van der Waals surface area contributed by atoms with Crippen molar-refractivity contribution >= 4 is 17.1 Å². The molecule has 0 saturated heterocycles. The van der Waals surface area contributed by atoms with E-state index in [1.54, 1.807) is 0 Å². The van der Waals surface area contributed by atoms with E-state index in [-0.39, 0.29) is 0 Å². The van der Waals surface area contributed by atoms with Crippen molar-refractivity contribution in [2.24, 2.45) is 97.8 Å². The molecule has 0 amide bonds. The van der Waals surface area contributed by atoms with E-state index in [0.717, 1.165) is 144 Å². The summed E-state index contributed by atoms with van der Waals surface area (Å²) in [7, 11) is 0. The molecule has 12 nitrogen and oxygen atoms in total. The Balaban J connectivity index is 0.000000531. The largest absolute Gasteiger partial charge is 0.337 e. The molecular weight excluding hydrogens is 1120 g/mol. The molecule has 91 heavy (non-hydrogen) atoms. The van der Waals surface area contributed by atoms with Gasteiger partial charge in [-0.15, -0.1) is 5.10 Å². The first kappa shape index (κ1) is 84.0. The van der Waals surface area contributed by atoms with E-state index in [0.29, 0.717) is 41.4 Å². The average molecular weight is 1260 g/mol. The number of aliphatic imine (C=N–C) groups is 3. The summed E-state index contributed by atoms with van der Waals surface area (Å²) in [5.41, 5.74) is 13.4. The minimum atomic E-state index is 0.633. The fourth-order valence-corrected chi connectivity index (χ4v) is 10.9. The quantitative estimate of drug-likeness (QED) is 0.0561. The molecule has 0 atom stereocenters. The number of allylic oxidation sites excluding steroid dienone is 4. The predicted molar refractivity (Wildman–Crippen MR) is 397 cm³/mol. The molecule has 3 aliphatic heterocycles. The molecule has 0 unspecified atom stereocenters. The van der Waals surface area contributed by atoms with Crippen LogP contribution in [-0.2, 0) is 51.9 Å². The summed E-state index contributed by atoms with van der Waals surface area (Å²) >= 11 is 0. The van der Waals surface area contributed by atoms with Gasteiger partial charge in [0.15, 0.2) is 0 Å². The molecule has 7 heterocycles. The van der Waals surface area contributed by atoms with Crippen LogP contribution in [0.15, 0.2) is 93.7 Å². The van der Waals surface area contributed by atoms with Gasteiger partial charge in [0.25, 0.3) is 0 Å². The van der Waals surface area contributed by atoms with Gasteiger partial charge < -0.3 is 4.57 Å². The Morgan fingerprint density at radius 2 is 0.813 bits per heavy atom. The zero-order chi connectivity index (χ0) is 68.9. The van der Waals surface area contributed by atoms with Crippen molar-refractivity contribution in [3.63, 3.8) is 0 Å². The number of nitrogens with zero attached hydrogens (tertiary/aromatic N) is 12. The minimum Gasteiger partial charge on any atom is -0.337 e. The van der Waals surface area contributed by atoms with Crippen LogP contribution in [-0.4, -0.2) is 61.2 Å². The van der Waals surface area contributed by atoms with Gasteiger partial charge in [0.2, 0.25) is 0 Å². The highest BCUT2D eigenvalue weighted by Crippen LogP contribution is 2.25. The van der Waals surface area contributed by atoms with E-state index in [1.165, 1.54) is 63.8 Å². The number of aromatic nitrogens is 9. The lowest BCUT2D eigenvalue weighted by Gasteiger charge is -2.07. The molecule has 0 saturated carbocycles. The Morgan fingerprint density at radius 3 is 1.27 bits per heavy atom. The molecule has 4 aromatic rings. The average Bonchev–Trinajstić information content (AvgIpc) is 2.61. The smallest absolute Gasteiger partial charge is 0.0949 e. The van der Waals surface area contributed by atoms with E-state index in [9.17, 15) is 0 Å². The van der Waals surface area contributed by atoms with Gasteiger partial charge in [-0.2, -0.15) is 10.2 Å². The third-order valence-corrected chi connectivity index (χ3v) is 13.9. The number of hydrogen-bond donors (Lipinski definition) is 0. The first-order valence-corrected chi connectivity index (χ1v) is 36.2. The SMILES string of the molecule is CC(C)CC1=CCC(CC(C)C)=N1.CC(C)CC1=CN=C(CC(C)C)C1.CC(C)CC1=CN=C(CC(C)C)C1.CC(C)Cc1ccn(CC(C)C)n1.CC(C)Cc1cn(CC(C)C)cn1.CC(C)Cc1cn(CC(C)C)nn1.CC(C)Cc1cnn(CC(C)C)c1. The molecule has 12 heteroatoms. The first-order chi connectivity index (χ1) is 42.5. The van der Waals surface area contributed by atoms with Gasteiger partial charge in [0.05, 0.1) is 29.6 Å². The minimum absolute atomic E-state index is 0.633. The zero-order valence-electron chi connectivity index (χ0n) is 64.2. The molecule has 0 fully saturated rings. The molecule has 7 rings (SSSR count). The van der Waals surface area contributed by atoms with Gasteiger partial charge in [-0.3, -0.25) is 29.0 Å². The van der Waals surface area contributed by atoms with Crippen LogP contribution >= 0.6 is 0 Å². The Hall–Kier alpha value is -5.00. The molecule has 4 aromatic heterocycles. The lowest BCUT2D eigenvalue weighted by molar-refractivity contribution is 0.472. The molecular formula is C79H142N12. The topological polar surface area (TPSA) is 121 Å². The number of rotatable bonds is 28. The molecule has 0 spiro atoms. The standard InChI is InChI=1S/3C12H21N.3C11H20N2.C10H19N3/c2*1-9(2)5-11-7-12(13-8-11)6-10(3)4;1-9(2)7-11-5-6-12(13-11)8-10(3)4;1-9(2)5-11-6-12-13(8-11)7-10(3)4;1-9(2)5-11-7-13(8-12-11)6-10(3)4;1-9(2)7-11-5-6-13(12-11)8-10(3)4;1-8(2)5-10-7-13(12-11-10)6-9(3)4/h2*8-10H,5-7H2,1-4H3;5,9-10H,6-8H2,1-4H3;6,8-10H,5,7H2,1-4H3;7-10H,5-6H2,1-4H3;5-6,9-10H,7-8H2,1-4H3;7-9H,5-6H2,1-4H3. The van der Waals surface area contributed by atoms with Crippen LogP contribution in [0.3, 0.4) is 0 Å². The fourth-order valence-electron chi connectivity index (χ4n) is 10.9. The van der Waals surface area contributed by atoms with Crippen LogP contribution in [0, 0.1) is 82.9 Å². The van der Waals surface area contributed by atoms with E-state index < -0.39 is 0 Å². The van der Waals surface area contributed by atoms with Gasteiger partial charge in [-0.05, 0) is 170 Å². The molecule has 0 N–H and O–H groups in total. The summed E-state index contributed by atoms with van der Waals surface area (Å²) in [5.74, 6) is 9.92. The summed E-state index contributed by atoms with van der Waals surface area (Å²) in [6.07, 6.45) is 33.6. The molecule has 0 aliphatic carbocycles. The van der Waals surface area contributed by atoms with Crippen LogP contribution in [0.2, 0.25) is 0 Å². The third kappa shape index (κ3) is 45.1. The molecule has 0 radical (unpaired) electrons. The Bertz CT molecular complexity index is 2280. The molecule has 0 aromatic carbocycles. The van der Waals surface area contributed by atoms with Crippen LogP contribution in [0.5, 0.6) is 0 Å². The second kappa shape index (κ2) is 46.1. The maximum Gasteiger partial charge on any atom is 0.0949 e. The summed E-state index contributed by atoms with van der Waals surface area (Å²) in [6.45, 7) is 66.6. The first-order valence-electron chi connectivity index (χ1n) is 36.2. The maximum absolute atomic E-state index is 4.65. The summed E-state index contributed by atoms with van der Waals surface area (Å²) in [4.78, 5) is 17.9. The van der Waals surface area contributed by atoms with Crippen molar-refractivity contribution in [3.8, 4) is 0 Å². The summed E-state index contributed by atoms with van der Waals surface area (Å²) in [5, 5.41) is 17.0. The van der Waals surface area contributed by atoms with Crippen molar-refractivity contribution in [2.75, 3.05) is 0 Å². The Morgan fingerprint density at radius 1 is 0.385 bits per heavy atom. The van der Waals surface area contributed by atoms with Gasteiger partial charge in [0, 0.05) is 105 Å². The van der Waals surface area contributed by atoms with Crippen molar-refractivity contribution in [1.82, 2.24) is 44.1 Å². The number of hydrogen-bond acceptors (Lipinski definition) is 8. The normalized spacial score (nSPS) is 13.8. The van der Waals surface area contributed by atoms with Crippen LogP contribution < -0.4 is 0 Å². The van der Waals surface area contributed by atoms with Crippen LogP contribution in [0.25, 0.3) is 0 Å². The van der Waals surface area contributed by atoms with Crippen molar-refractivity contribution in [1.29, 1.82) is 0 Å². The van der Waals surface area contributed by atoms with Crippen molar-refractivity contribution in [2.45, 2.75) is 304 Å². The number of imidazole rings is 1. The van der Waals surface area contributed by atoms with Crippen molar-refractivity contribution < 1.29 is 0 Å². The van der Waals surface area contributed by atoms with Crippen LogP contribution in [0.4, 0.5) is 0 Å². The van der Waals surface area contributed by atoms with Gasteiger partial charge in [-0.1, -0.05) is 205 Å². The summed E-state index contributed by atoms with van der Waals surface area (Å²) < 4.78 is 8.20. The third-order valence-electron chi connectivity index (χ3n) is 13.9. The zero-order valence-corrected chi connectivity index (χ0v) is 64.2.